The fourth-order valence-corrected chi connectivity index (χ4v) is 3.77. The van der Waals surface area contributed by atoms with Gasteiger partial charge in [0.05, 0.1) is 6.04 Å². The van der Waals surface area contributed by atoms with Crippen molar-refractivity contribution in [2.75, 3.05) is 0 Å². The Bertz CT molecular complexity index is 574. The highest BCUT2D eigenvalue weighted by atomic mass is 15.0. The SMILES string of the molecule is C=C(C)c1cc(C2CC3=C(CCCC3)N2)c(C)cc1C. The van der Waals surface area contributed by atoms with Gasteiger partial charge in [0.25, 0.3) is 0 Å². The zero-order valence-electron chi connectivity index (χ0n) is 13.0. The van der Waals surface area contributed by atoms with Crippen LogP contribution in [0, 0.1) is 13.8 Å². The van der Waals surface area contributed by atoms with Gasteiger partial charge in [-0.2, -0.15) is 0 Å². The Morgan fingerprint density at radius 3 is 2.60 bits per heavy atom. The van der Waals surface area contributed by atoms with Crippen LogP contribution in [-0.4, -0.2) is 0 Å². The molecule has 0 bridgehead atoms. The predicted octanol–water partition coefficient (Wildman–Crippen LogP) is 5.20. The molecule has 1 aliphatic heterocycles. The van der Waals surface area contributed by atoms with Crippen molar-refractivity contribution in [1.29, 1.82) is 0 Å². The molecule has 1 heterocycles. The monoisotopic (exact) mass is 267 g/mol. The van der Waals surface area contributed by atoms with Crippen LogP contribution in [0.5, 0.6) is 0 Å². The van der Waals surface area contributed by atoms with Gasteiger partial charge >= 0.3 is 0 Å². The fourth-order valence-electron chi connectivity index (χ4n) is 3.77. The molecule has 106 valence electrons. The van der Waals surface area contributed by atoms with E-state index in [-0.39, 0.29) is 0 Å². The molecule has 1 atom stereocenters. The molecule has 1 unspecified atom stereocenters. The van der Waals surface area contributed by atoms with Gasteiger partial charge in [-0.05, 0) is 86.8 Å². The zero-order chi connectivity index (χ0) is 14.3. The quantitative estimate of drug-likeness (QED) is 0.776. The summed E-state index contributed by atoms with van der Waals surface area (Å²) in [7, 11) is 0. The van der Waals surface area contributed by atoms with Crippen LogP contribution in [-0.2, 0) is 0 Å². The van der Waals surface area contributed by atoms with E-state index >= 15 is 0 Å². The lowest BCUT2D eigenvalue weighted by atomic mass is 9.90. The Morgan fingerprint density at radius 2 is 1.90 bits per heavy atom. The van der Waals surface area contributed by atoms with Crippen LogP contribution < -0.4 is 5.32 Å². The molecule has 20 heavy (non-hydrogen) atoms. The lowest BCUT2D eigenvalue weighted by Crippen LogP contribution is -2.16. The third-order valence-electron chi connectivity index (χ3n) is 4.83. The van der Waals surface area contributed by atoms with Gasteiger partial charge in [0, 0.05) is 5.70 Å². The molecule has 1 heteroatoms. The average Bonchev–Trinajstić information content (AvgIpc) is 2.81. The van der Waals surface area contributed by atoms with Gasteiger partial charge in [-0.3, -0.25) is 0 Å². The minimum Gasteiger partial charge on any atom is -0.381 e. The van der Waals surface area contributed by atoms with Crippen LogP contribution in [0.2, 0.25) is 0 Å². The molecule has 1 aliphatic carbocycles. The van der Waals surface area contributed by atoms with E-state index in [4.69, 9.17) is 0 Å². The van der Waals surface area contributed by atoms with Crippen molar-refractivity contribution >= 4 is 5.57 Å². The van der Waals surface area contributed by atoms with Crippen molar-refractivity contribution < 1.29 is 0 Å². The Kier molecular flexibility index (Phi) is 3.45. The van der Waals surface area contributed by atoms with Crippen LogP contribution in [0.15, 0.2) is 30.0 Å². The maximum Gasteiger partial charge on any atom is 0.0551 e. The lowest BCUT2D eigenvalue weighted by Gasteiger charge is -2.19. The van der Waals surface area contributed by atoms with E-state index in [1.54, 1.807) is 5.57 Å². The van der Waals surface area contributed by atoms with Crippen molar-refractivity contribution in [3.05, 3.63) is 52.2 Å². The molecule has 0 aromatic heterocycles. The molecule has 3 rings (SSSR count). The number of nitrogens with one attached hydrogen (secondary N) is 1. The number of benzene rings is 1. The number of hydrogen-bond acceptors (Lipinski definition) is 1. The molecule has 1 aromatic rings. The van der Waals surface area contributed by atoms with Gasteiger partial charge in [0.2, 0.25) is 0 Å². The number of rotatable bonds is 2. The van der Waals surface area contributed by atoms with Crippen molar-refractivity contribution in [2.24, 2.45) is 0 Å². The van der Waals surface area contributed by atoms with E-state index in [0.717, 1.165) is 0 Å². The van der Waals surface area contributed by atoms with Crippen LogP contribution in [0.25, 0.3) is 5.57 Å². The molecular formula is C19H25N. The minimum absolute atomic E-state index is 0.483. The Balaban J connectivity index is 1.92. The number of aryl methyl sites for hydroxylation is 2. The van der Waals surface area contributed by atoms with E-state index in [0.29, 0.717) is 6.04 Å². The maximum atomic E-state index is 4.13. The normalized spacial score (nSPS) is 21.6. The molecule has 0 amide bonds. The second-order valence-electron chi connectivity index (χ2n) is 6.49. The smallest absolute Gasteiger partial charge is 0.0551 e. The fraction of sp³-hybridized carbons (Fsp3) is 0.474. The number of hydrogen-bond donors (Lipinski definition) is 1. The van der Waals surface area contributed by atoms with E-state index in [9.17, 15) is 0 Å². The predicted molar refractivity (Wildman–Crippen MR) is 86.6 cm³/mol. The highest BCUT2D eigenvalue weighted by Gasteiger charge is 2.27. The first-order chi connectivity index (χ1) is 9.56. The van der Waals surface area contributed by atoms with Crippen molar-refractivity contribution in [1.82, 2.24) is 5.32 Å². The summed E-state index contributed by atoms with van der Waals surface area (Å²) in [6.07, 6.45) is 6.48. The van der Waals surface area contributed by atoms with E-state index in [1.165, 1.54) is 65.6 Å². The third-order valence-corrected chi connectivity index (χ3v) is 4.83. The van der Waals surface area contributed by atoms with Crippen LogP contribution in [0.3, 0.4) is 0 Å². The van der Waals surface area contributed by atoms with Crippen LogP contribution in [0.1, 0.15) is 67.3 Å². The van der Waals surface area contributed by atoms with Crippen molar-refractivity contribution in [2.45, 2.75) is 58.9 Å². The van der Waals surface area contributed by atoms with Crippen LogP contribution >= 0.6 is 0 Å². The highest BCUT2D eigenvalue weighted by Crippen LogP contribution is 2.39. The summed E-state index contributed by atoms with van der Waals surface area (Å²) in [6.45, 7) is 10.7. The first kappa shape index (κ1) is 13.5. The standard InChI is InChI=1S/C19H25N/c1-12(2)16-11-17(14(4)9-13(16)3)19-10-15-7-5-6-8-18(15)20-19/h9,11,19-20H,1,5-8,10H2,2-4H3. The Hall–Kier alpha value is -1.50. The summed E-state index contributed by atoms with van der Waals surface area (Å²) >= 11 is 0. The first-order valence-electron chi connectivity index (χ1n) is 7.80. The maximum absolute atomic E-state index is 4.13. The molecule has 2 aliphatic rings. The summed E-state index contributed by atoms with van der Waals surface area (Å²) in [6, 6.07) is 5.17. The minimum atomic E-state index is 0.483. The average molecular weight is 267 g/mol. The molecule has 0 saturated carbocycles. The number of allylic oxidation sites excluding steroid dienone is 2. The van der Waals surface area contributed by atoms with Crippen molar-refractivity contribution in [3.8, 4) is 0 Å². The second kappa shape index (κ2) is 5.12. The van der Waals surface area contributed by atoms with Crippen molar-refractivity contribution in [3.63, 3.8) is 0 Å². The van der Waals surface area contributed by atoms with E-state index in [1.807, 2.05) is 0 Å². The molecule has 1 nitrogen and oxygen atoms in total. The van der Waals surface area contributed by atoms with E-state index in [2.05, 4.69) is 44.8 Å². The van der Waals surface area contributed by atoms with E-state index < -0.39 is 0 Å². The van der Waals surface area contributed by atoms with Gasteiger partial charge in [-0.25, -0.2) is 0 Å². The second-order valence-corrected chi connectivity index (χ2v) is 6.49. The molecule has 0 fully saturated rings. The summed E-state index contributed by atoms with van der Waals surface area (Å²) in [5.41, 5.74) is 9.91. The molecule has 0 spiro atoms. The largest absolute Gasteiger partial charge is 0.381 e. The highest BCUT2D eigenvalue weighted by molar-refractivity contribution is 5.66. The van der Waals surface area contributed by atoms with Gasteiger partial charge in [-0.1, -0.05) is 18.2 Å². The molecule has 1 aromatic carbocycles. The molecule has 0 saturated heterocycles. The Labute approximate surface area is 122 Å². The molecule has 0 radical (unpaired) electrons. The zero-order valence-corrected chi connectivity index (χ0v) is 13.0. The molecule has 1 N–H and O–H groups in total. The lowest BCUT2D eigenvalue weighted by molar-refractivity contribution is 0.627. The van der Waals surface area contributed by atoms with Gasteiger partial charge in [0.15, 0.2) is 0 Å². The summed E-state index contributed by atoms with van der Waals surface area (Å²) in [4.78, 5) is 0. The summed E-state index contributed by atoms with van der Waals surface area (Å²) in [5.74, 6) is 0. The first-order valence-corrected chi connectivity index (χ1v) is 7.80. The summed E-state index contributed by atoms with van der Waals surface area (Å²) < 4.78 is 0. The van der Waals surface area contributed by atoms with Gasteiger partial charge < -0.3 is 5.32 Å². The Morgan fingerprint density at radius 1 is 1.15 bits per heavy atom. The topological polar surface area (TPSA) is 12.0 Å². The summed E-state index contributed by atoms with van der Waals surface area (Å²) in [5, 5.41) is 3.79. The van der Waals surface area contributed by atoms with Crippen LogP contribution in [0.4, 0.5) is 0 Å². The van der Waals surface area contributed by atoms with Gasteiger partial charge in [0.1, 0.15) is 0 Å². The third kappa shape index (κ3) is 2.30. The van der Waals surface area contributed by atoms with Gasteiger partial charge in [-0.15, -0.1) is 0 Å². The molecular weight excluding hydrogens is 242 g/mol.